The number of ether oxygens (including phenoxy) is 2. The highest BCUT2D eigenvalue weighted by atomic mass is 16.5. The fraction of sp³-hybridized carbons (Fsp3) is 0.889. The lowest BCUT2D eigenvalue weighted by Crippen LogP contribution is -2.14. The van der Waals surface area contributed by atoms with Crippen LogP contribution < -0.4 is 0 Å². The Hall–Kier alpha value is -1.06. The van der Waals surface area contributed by atoms with Crippen LogP contribution in [0.4, 0.5) is 0 Å². The van der Waals surface area contributed by atoms with E-state index in [9.17, 15) is 9.59 Å². The molecule has 0 saturated carbocycles. The van der Waals surface area contributed by atoms with Crippen molar-refractivity contribution >= 4 is 11.9 Å². The molecule has 0 spiro atoms. The molecule has 0 aromatic carbocycles. The summed E-state index contributed by atoms with van der Waals surface area (Å²) in [4.78, 5) is 21.9. The third-order valence-electron chi connectivity index (χ3n) is 3.25. The van der Waals surface area contributed by atoms with E-state index >= 15 is 0 Å². The van der Waals surface area contributed by atoms with Crippen molar-refractivity contribution in [1.82, 2.24) is 0 Å². The molecule has 132 valence electrons. The highest BCUT2D eigenvalue weighted by Crippen LogP contribution is 2.03. The summed E-state index contributed by atoms with van der Waals surface area (Å²) in [6.45, 7) is 11.3. The molecule has 22 heavy (non-hydrogen) atoms. The van der Waals surface area contributed by atoms with Crippen molar-refractivity contribution in [2.24, 2.45) is 5.92 Å². The average Bonchev–Trinajstić information content (AvgIpc) is 2.53. The van der Waals surface area contributed by atoms with Crippen LogP contribution in [-0.4, -0.2) is 25.2 Å². The van der Waals surface area contributed by atoms with Crippen LogP contribution in [0.25, 0.3) is 0 Å². The first-order chi connectivity index (χ1) is 10.5. The lowest BCUT2D eigenvalue weighted by molar-refractivity contribution is -0.148. The molecule has 0 aliphatic rings. The normalized spacial score (nSPS) is 11.1. The Morgan fingerprint density at radius 3 is 1.77 bits per heavy atom. The second-order valence-electron chi connectivity index (χ2n) is 5.51. The van der Waals surface area contributed by atoms with Crippen molar-refractivity contribution < 1.29 is 19.1 Å². The summed E-state index contributed by atoms with van der Waals surface area (Å²) in [6.07, 6.45) is 7.58. The molecule has 1 atom stereocenters. The van der Waals surface area contributed by atoms with Crippen molar-refractivity contribution in [3.05, 3.63) is 0 Å². The third kappa shape index (κ3) is 17.0. The minimum atomic E-state index is -0.0547. The Bertz CT molecular complexity index is 264. The maximum atomic E-state index is 11.0. The maximum Gasteiger partial charge on any atom is 0.308 e. The summed E-state index contributed by atoms with van der Waals surface area (Å²) >= 11 is 0. The summed E-state index contributed by atoms with van der Waals surface area (Å²) in [5.41, 5.74) is 0. The number of carbonyl (C=O) groups excluding carboxylic acids is 2. The smallest absolute Gasteiger partial charge is 0.308 e. The Labute approximate surface area is 136 Å². The first-order valence-corrected chi connectivity index (χ1v) is 8.85. The predicted octanol–water partition coefficient (Wildman–Crippen LogP) is 4.90. The van der Waals surface area contributed by atoms with Crippen LogP contribution in [0.1, 0.15) is 86.0 Å². The number of unbranched alkanes of at least 4 members (excludes halogenated alkanes) is 3. The minimum absolute atomic E-state index is 0.0414. The van der Waals surface area contributed by atoms with Crippen LogP contribution in [0.2, 0.25) is 0 Å². The van der Waals surface area contributed by atoms with Gasteiger partial charge in [-0.15, -0.1) is 0 Å². The summed E-state index contributed by atoms with van der Waals surface area (Å²) < 4.78 is 9.94. The van der Waals surface area contributed by atoms with Gasteiger partial charge in [-0.2, -0.15) is 0 Å². The van der Waals surface area contributed by atoms with E-state index in [1.165, 1.54) is 0 Å². The molecule has 0 aromatic heterocycles. The molecule has 4 heteroatoms. The van der Waals surface area contributed by atoms with Gasteiger partial charge in [0.25, 0.3) is 0 Å². The van der Waals surface area contributed by atoms with Crippen LogP contribution in [0.15, 0.2) is 0 Å². The van der Waals surface area contributed by atoms with Gasteiger partial charge in [0.2, 0.25) is 0 Å². The highest BCUT2D eigenvalue weighted by molar-refractivity contribution is 5.71. The van der Waals surface area contributed by atoms with E-state index in [-0.39, 0.29) is 17.9 Å². The van der Waals surface area contributed by atoms with Gasteiger partial charge in [-0.3, -0.25) is 9.59 Å². The SMILES string of the molecule is CCCCOC(=O)C(C)CC.CCCCOC(=O)CCCC. The van der Waals surface area contributed by atoms with Crippen molar-refractivity contribution in [3.8, 4) is 0 Å². The van der Waals surface area contributed by atoms with Crippen LogP contribution in [0, 0.1) is 5.92 Å². The van der Waals surface area contributed by atoms with Crippen LogP contribution in [-0.2, 0) is 19.1 Å². The Morgan fingerprint density at radius 1 is 0.818 bits per heavy atom. The molecule has 1 unspecified atom stereocenters. The summed E-state index contributed by atoms with van der Waals surface area (Å²) in [5, 5.41) is 0. The van der Waals surface area contributed by atoms with E-state index < -0.39 is 0 Å². The molecule has 0 heterocycles. The van der Waals surface area contributed by atoms with Gasteiger partial charge in [-0.1, -0.05) is 53.9 Å². The molecule has 0 saturated heterocycles. The average molecular weight is 316 g/mol. The topological polar surface area (TPSA) is 52.6 Å². The maximum absolute atomic E-state index is 11.0. The quantitative estimate of drug-likeness (QED) is 0.402. The van der Waals surface area contributed by atoms with E-state index in [1.807, 2.05) is 13.8 Å². The lowest BCUT2D eigenvalue weighted by Gasteiger charge is -2.07. The monoisotopic (exact) mass is 316 g/mol. The second-order valence-corrected chi connectivity index (χ2v) is 5.51. The fourth-order valence-corrected chi connectivity index (χ4v) is 1.35. The highest BCUT2D eigenvalue weighted by Gasteiger charge is 2.10. The van der Waals surface area contributed by atoms with Crippen molar-refractivity contribution in [2.45, 2.75) is 86.0 Å². The first kappa shape index (κ1) is 23.2. The molecule has 0 radical (unpaired) electrons. The number of hydrogen-bond donors (Lipinski definition) is 0. The van der Waals surface area contributed by atoms with Gasteiger partial charge in [-0.05, 0) is 25.7 Å². The van der Waals surface area contributed by atoms with Gasteiger partial charge in [0.15, 0.2) is 0 Å². The molecule has 0 aliphatic heterocycles. The molecule has 0 aromatic rings. The molecule has 0 N–H and O–H groups in total. The van der Waals surface area contributed by atoms with Crippen molar-refractivity contribution in [1.29, 1.82) is 0 Å². The predicted molar refractivity (Wildman–Crippen MR) is 90.7 cm³/mol. The number of hydrogen-bond acceptors (Lipinski definition) is 4. The second kappa shape index (κ2) is 18.0. The lowest BCUT2D eigenvalue weighted by atomic mass is 10.1. The molecular weight excluding hydrogens is 280 g/mol. The Balaban J connectivity index is 0. The van der Waals surface area contributed by atoms with E-state index in [0.717, 1.165) is 44.9 Å². The van der Waals surface area contributed by atoms with Gasteiger partial charge in [-0.25, -0.2) is 0 Å². The largest absolute Gasteiger partial charge is 0.466 e. The number of esters is 2. The van der Waals surface area contributed by atoms with E-state index in [1.54, 1.807) is 0 Å². The molecule has 0 amide bonds. The van der Waals surface area contributed by atoms with E-state index in [2.05, 4.69) is 20.8 Å². The third-order valence-corrected chi connectivity index (χ3v) is 3.25. The van der Waals surface area contributed by atoms with Gasteiger partial charge in [0.1, 0.15) is 0 Å². The molecule has 0 rings (SSSR count). The van der Waals surface area contributed by atoms with Gasteiger partial charge < -0.3 is 9.47 Å². The summed E-state index contributed by atoms with van der Waals surface area (Å²) in [5.74, 6) is -0.0342. The summed E-state index contributed by atoms with van der Waals surface area (Å²) in [6, 6.07) is 0. The number of rotatable bonds is 11. The van der Waals surface area contributed by atoms with E-state index in [4.69, 9.17) is 9.47 Å². The number of carbonyl (C=O) groups is 2. The molecule has 0 bridgehead atoms. The van der Waals surface area contributed by atoms with Crippen LogP contribution in [0.5, 0.6) is 0 Å². The molecule has 4 nitrogen and oxygen atoms in total. The molecular formula is C18H36O4. The van der Waals surface area contributed by atoms with Gasteiger partial charge in [0.05, 0.1) is 19.1 Å². The van der Waals surface area contributed by atoms with Crippen LogP contribution in [0.3, 0.4) is 0 Å². The first-order valence-electron chi connectivity index (χ1n) is 8.85. The Kier molecular flexibility index (Phi) is 19.0. The zero-order valence-corrected chi connectivity index (χ0v) is 15.3. The fourth-order valence-electron chi connectivity index (χ4n) is 1.35. The zero-order valence-electron chi connectivity index (χ0n) is 15.3. The molecule has 0 aliphatic carbocycles. The van der Waals surface area contributed by atoms with E-state index in [0.29, 0.717) is 19.6 Å². The van der Waals surface area contributed by atoms with Gasteiger partial charge in [0, 0.05) is 6.42 Å². The Morgan fingerprint density at radius 2 is 1.32 bits per heavy atom. The summed E-state index contributed by atoms with van der Waals surface area (Å²) in [7, 11) is 0. The standard InChI is InChI=1S/2C9H18O2/c1-4-6-7-11-9(10)8(3)5-2;1-3-5-7-9(10)11-8-6-4-2/h8H,4-7H2,1-3H3;3-8H2,1-2H3. The van der Waals surface area contributed by atoms with Crippen LogP contribution >= 0.6 is 0 Å². The zero-order chi connectivity index (χ0) is 17.2. The minimum Gasteiger partial charge on any atom is -0.466 e. The van der Waals surface area contributed by atoms with Crippen molar-refractivity contribution in [2.75, 3.05) is 13.2 Å². The molecule has 0 fully saturated rings. The van der Waals surface area contributed by atoms with Gasteiger partial charge >= 0.3 is 11.9 Å². The van der Waals surface area contributed by atoms with Crippen molar-refractivity contribution in [3.63, 3.8) is 0 Å².